The molecule has 2 rings (SSSR count). The smallest absolute Gasteiger partial charge is 0.313 e. The molecule has 0 radical (unpaired) electrons. The van der Waals surface area contributed by atoms with Gasteiger partial charge in [0.25, 0.3) is 0 Å². The van der Waals surface area contributed by atoms with Crippen LogP contribution in [-0.2, 0) is 9.53 Å². The van der Waals surface area contributed by atoms with E-state index in [-0.39, 0.29) is 5.97 Å². The molecule has 3 heteroatoms. The van der Waals surface area contributed by atoms with Gasteiger partial charge in [-0.1, -0.05) is 24.3 Å². The summed E-state index contributed by atoms with van der Waals surface area (Å²) >= 11 is 0. The Morgan fingerprint density at radius 2 is 2.12 bits per heavy atom. The maximum absolute atomic E-state index is 11.7. The van der Waals surface area contributed by atoms with Crippen LogP contribution in [0, 0.1) is 12.3 Å². The highest BCUT2D eigenvalue weighted by Crippen LogP contribution is 2.51. The van der Waals surface area contributed by atoms with Gasteiger partial charge >= 0.3 is 5.97 Å². The molecule has 17 heavy (non-hydrogen) atoms. The normalized spacial score (nSPS) is 27.4. The van der Waals surface area contributed by atoms with Crippen molar-refractivity contribution in [2.75, 3.05) is 13.7 Å². The van der Waals surface area contributed by atoms with E-state index in [1.807, 2.05) is 12.1 Å². The zero-order valence-corrected chi connectivity index (χ0v) is 10.4. The number of hydrogen-bond acceptors (Lipinski definition) is 3. The third-order valence-electron chi connectivity index (χ3n) is 3.91. The van der Waals surface area contributed by atoms with Gasteiger partial charge in [-0.15, -0.1) is 0 Å². The minimum absolute atomic E-state index is 0.162. The summed E-state index contributed by atoms with van der Waals surface area (Å²) in [6.45, 7) is 2.48. The van der Waals surface area contributed by atoms with Gasteiger partial charge in [0.2, 0.25) is 0 Å². The molecular weight excluding hydrogens is 214 g/mol. The number of carbonyl (C=O) groups is 1. The van der Waals surface area contributed by atoms with Crippen LogP contribution in [0.15, 0.2) is 24.3 Å². The number of hydrogen-bond donors (Lipinski definition) is 1. The Morgan fingerprint density at radius 3 is 2.65 bits per heavy atom. The lowest BCUT2D eigenvalue weighted by atomic mass is 9.59. The molecule has 0 unspecified atom stereocenters. The summed E-state index contributed by atoms with van der Waals surface area (Å²) in [7, 11) is 1.43. The Kier molecular flexibility index (Phi) is 3.20. The Morgan fingerprint density at radius 1 is 1.47 bits per heavy atom. The van der Waals surface area contributed by atoms with Crippen LogP contribution < -0.4 is 5.73 Å². The van der Waals surface area contributed by atoms with E-state index in [0.29, 0.717) is 12.5 Å². The van der Waals surface area contributed by atoms with E-state index >= 15 is 0 Å². The van der Waals surface area contributed by atoms with Crippen LogP contribution >= 0.6 is 0 Å². The zero-order chi connectivity index (χ0) is 12.5. The molecule has 2 N–H and O–H groups in total. The highest BCUT2D eigenvalue weighted by molar-refractivity contribution is 5.78. The molecule has 0 bridgehead atoms. The highest BCUT2D eigenvalue weighted by Gasteiger charge is 2.50. The van der Waals surface area contributed by atoms with E-state index in [1.54, 1.807) is 0 Å². The topological polar surface area (TPSA) is 52.3 Å². The van der Waals surface area contributed by atoms with Crippen molar-refractivity contribution in [2.24, 2.45) is 11.1 Å². The second-order valence-corrected chi connectivity index (χ2v) is 4.94. The first kappa shape index (κ1) is 12.1. The minimum Gasteiger partial charge on any atom is -0.469 e. The molecule has 0 aromatic heterocycles. The average molecular weight is 233 g/mol. The molecule has 1 aliphatic carbocycles. The molecule has 0 heterocycles. The van der Waals surface area contributed by atoms with Crippen molar-refractivity contribution in [3.63, 3.8) is 0 Å². The number of carbonyl (C=O) groups excluding carboxylic acids is 1. The fraction of sp³-hybridized carbons (Fsp3) is 0.500. The molecule has 1 saturated carbocycles. The molecule has 0 aliphatic heterocycles. The summed E-state index contributed by atoms with van der Waals surface area (Å²) in [6, 6.07) is 8.32. The number of nitrogens with two attached hydrogens (primary N) is 1. The predicted octanol–water partition coefficient (Wildman–Crippen LogP) is 1.99. The Hall–Kier alpha value is -1.35. The molecule has 0 saturated heterocycles. The van der Waals surface area contributed by atoms with Gasteiger partial charge in [0.05, 0.1) is 12.5 Å². The quantitative estimate of drug-likeness (QED) is 0.812. The molecule has 1 fully saturated rings. The van der Waals surface area contributed by atoms with Gasteiger partial charge in [-0.2, -0.15) is 0 Å². The fourth-order valence-corrected chi connectivity index (χ4v) is 2.78. The first-order valence-electron chi connectivity index (χ1n) is 5.97. The summed E-state index contributed by atoms with van der Waals surface area (Å²) in [4.78, 5) is 11.7. The van der Waals surface area contributed by atoms with Crippen molar-refractivity contribution in [2.45, 2.75) is 25.7 Å². The van der Waals surface area contributed by atoms with Crippen LogP contribution in [-0.4, -0.2) is 19.6 Å². The van der Waals surface area contributed by atoms with Crippen molar-refractivity contribution in [3.05, 3.63) is 35.4 Å². The van der Waals surface area contributed by atoms with Crippen LogP contribution in [0.4, 0.5) is 0 Å². The molecule has 0 spiro atoms. The van der Waals surface area contributed by atoms with Gasteiger partial charge < -0.3 is 10.5 Å². The third kappa shape index (κ3) is 1.95. The van der Waals surface area contributed by atoms with E-state index in [1.165, 1.54) is 18.2 Å². The van der Waals surface area contributed by atoms with Gasteiger partial charge in [-0.3, -0.25) is 4.79 Å². The largest absolute Gasteiger partial charge is 0.469 e. The SMILES string of the molecule is COC(=O)C1(CN)CC(c2ccccc2C)C1. The van der Waals surface area contributed by atoms with Crippen molar-refractivity contribution >= 4 is 5.97 Å². The van der Waals surface area contributed by atoms with Crippen LogP contribution in [0.3, 0.4) is 0 Å². The van der Waals surface area contributed by atoms with E-state index in [9.17, 15) is 4.79 Å². The van der Waals surface area contributed by atoms with Crippen molar-refractivity contribution in [1.29, 1.82) is 0 Å². The van der Waals surface area contributed by atoms with Gasteiger partial charge in [-0.25, -0.2) is 0 Å². The number of esters is 1. The Labute approximate surface area is 102 Å². The Balaban J connectivity index is 2.12. The molecule has 0 atom stereocenters. The summed E-state index contributed by atoms with van der Waals surface area (Å²) in [5.41, 5.74) is 7.90. The van der Waals surface area contributed by atoms with Crippen molar-refractivity contribution < 1.29 is 9.53 Å². The highest BCUT2D eigenvalue weighted by atomic mass is 16.5. The number of benzene rings is 1. The lowest BCUT2D eigenvalue weighted by Gasteiger charge is -2.45. The maximum atomic E-state index is 11.7. The second-order valence-electron chi connectivity index (χ2n) is 4.94. The molecule has 0 amide bonds. The summed E-state index contributed by atoms with van der Waals surface area (Å²) in [6.07, 6.45) is 1.61. The summed E-state index contributed by atoms with van der Waals surface area (Å²) in [5, 5.41) is 0. The third-order valence-corrected chi connectivity index (χ3v) is 3.91. The van der Waals surface area contributed by atoms with E-state index in [2.05, 4.69) is 19.1 Å². The lowest BCUT2D eigenvalue weighted by Crippen LogP contribution is -2.49. The number of aryl methyl sites for hydroxylation is 1. The molecular formula is C14H19NO2. The van der Waals surface area contributed by atoms with Gasteiger partial charge in [0, 0.05) is 6.54 Å². The van der Waals surface area contributed by atoms with E-state index in [0.717, 1.165) is 12.8 Å². The zero-order valence-electron chi connectivity index (χ0n) is 10.4. The minimum atomic E-state index is -0.443. The van der Waals surface area contributed by atoms with Crippen LogP contribution in [0.25, 0.3) is 0 Å². The molecule has 3 nitrogen and oxygen atoms in total. The monoisotopic (exact) mass is 233 g/mol. The fourth-order valence-electron chi connectivity index (χ4n) is 2.78. The maximum Gasteiger partial charge on any atom is 0.313 e. The molecule has 1 aromatic rings. The standard InChI is InChI=1S/C14H19NO2/c1-10-5-3-4-6-12(10)11-7-14(8-11,9-15)13(16)17-2/h3-6,11H,7-9,15H2,1-2H3. The van der Waals surface area contributed by atoms with Gasteiger partial charge in [0.15, 0.2) is 0 Å². The molecule has 92 valence electrons. The van der Waals surface area contributed by atoms with Crippen molar-refractivity contribution in [1.82, 2.24) is 0 Å². The van der Waals surface area contributed by atoms with E-state index < -0.39 is 5.41 Å². The molecule has 1 aliphatic rings. The predicted molar refractivity (Wildman–Crippen MR) is 66.7 cm³/mol. The number of ether oxygens (including phenoxy) is 1. The Bertz CT molecular complexity index is 422. The van der Waals surface area contributed by atoms with Crippen LogP contribution in [0.1, 0.15) is 29.9 Å². The van der Waals surface area contributed by atoms with E-state index in [4.69, 9.17) is 10.5 Å². The number of rotatable bonds is 3. The summed E-state index contributed by atoms with van der Waals surface area (Å²) in [5.74, 6) is 0.281. The van der Waals surface area contributed by atoms with Crippen LogP contribution in [0.2, 0.25) is 0 Å². The van der Waals surface area contributed by atoms with Crippen molar-refractivity contribution in [3.8, 4) is 0 Å². The lowest BCUT2D eigenvalue weighted by molar-refractivity contribution is -0.158. The second kappa shape index (κ2) is 4.49. The van der Waals surface area contributed by atoms with Gasteiger partial charge in [0.1, 0.15) is 0 Å². The number of methoxy groups -OCH3 is 1. The first-order valence-corrected chi connectivity index (χ1v) is 5.97. The van der Waals surface area contributed by atoms with Gasteiger partial charge in [-0.05, 0) is 36.8 Å². The molecule has 1 aromatic carbocycles. The van der Waals surface area contributed by atoms with Crippen LogP contribution in [0.5, 0.6) is 0 Å². The summed E-state index contributed by atoms with van der Waals surface area (Å²) < 4.78 is 4.84. The average Bonchev–Trinajstić information content (AvgIpc) is 2.30. The first-order chi connectivity index (χ1) is 8.13.